The Morgan fingerprint density at radius 1 is 1.23 bits per heavy atom. The number of esters is 1. The number of unbranched alkanes of at least 4 members (excludes halogenated alkanes) is 1. The van der Waals surface area contributed by atoms with Crippen molar-refractivity contribution in [3.63, 3.8) is 0 Å². The molecule has 248 valence electrons. The molecule has 44 heavy (non-hydrogen) atoms. The number of ketones is 2. The van der Waals surface area contributed by atoms with Crippen LogP contribution in [0.3, 0.4) is 0 Å². The number of hydrogen-bond donors (Lipinski definition) is 6. The molecular formula is C33H59N6O5+3. The molecule has 0 radical (unpaired) electrons. The summed E-state index contributed by atoms with van der Waals surface area (Å²) in [4.78, 5) is 45.0. The van der Waals surface area contributed by atoms with Crippen molar-refractivity contribution in [1.29, 1.82) is 0 Å². The third kappa shape index (κ3) is 7.21. The molecular weight excluding hydrogens is 560 g/mol. The topological polar surface area (TPSA) is 184 Å². The van der Waals surface area contributed by atoms with Gasteiger partial charge in [0.2, 0.25) is 0 Å². The Balaban J connectivity index is 1.54. The van der Waals surface area contributed by atoms with Crippen LogP contribution < -0.4 is 32.4 Å². The van der Waals surface area contributed by atoms with Crippen LogP contribution in [-0.4, -0.2) is 80.2 Å². The van der Waals surface area contributed by atoms with Crippen LogP contribution in [-0.2, 0) is 23.9 Å². The van der Waals surface area contributed by atoms with Crippen LogP contribution in [0.5, 0.6) is 0 Å². The number of carbonyl (C=O) groups is 3. The summed E-state index contributed by atoms with van der Waals surface area (Å²) in [5, 5.41) is 7.80. The van der Waals surface area contributed by atoms with E-state index in [0.717, 1.165) is 70.2 Å². The number of epoxide rings is 1. The van der Waals surface area contributed by atoms with Gasteiger partial charge < -0.3 is 20.1 Å². The number of rotatable bonds is 15. The van der Waals surface area contributed by atoms with Gasteiger partial charge in [0, 0.05) is 49.4 Å². The first-order valence-corrected chi connectivity index (χ1v) is 17.2. The standard InChI is InChI=1S/C33H56N6O5/c1-5-7-10-22(19-37-6-2)20-43-30(42)33-29(41)25-12-9-8-11-24(25)28(40)32(33,44-33)15-13-21(3)17-26(39-31(35)36-4)23-14-16-38-27(34)18-23/h13,22-27,37-38H,5-12,14-20,34H2,1-4H3,(H3,35,36,39)/p+3. The van der Waals surface area contributed by atoms with Crippen LogP contribution in [0.2, 0.25) is 0 Å². The van der Waals surface area contributed by atoms with Crippen LogP contribution in [0, 0.1) is 23.7 Å². The van der Waals surface area contributed by atoms with Crippen LogP contribution in [0.25, 0.3) is 0 Å². The fraction of sp³-hybridized carbons (Fsp3) is 0.818. The van der Waals surface area contributed by atoms with E-state index in [4.69, 9.17) is 20.9 Å². The normalized spacial score (nSPS) is 33.7. The zero-order valence-corrected chi connectivity index (χ0v) is 27.5. The van der Waals surface area contributed by atoms with Gasteiger partial charge in [-0.15, -0.1) is 0 Å². The highest BCUT2D eigenvalue weighted by Gasteiger charge is 2.86. The first kappa shape index (κ1) is 34.5. The first-order chi connectivity index (χ1) is 21.1. The van der Waals surface area contributed by atoms with Gasteiger partial charge in [0.1, 0.15) is 6.17 Å². The molecule has 2 aliphatic carbocycles. The number of fused-ring (bicyclic) bond motifs is 2. The average molecular weight is 620 g/mol. The Bertz CT molecular complexity index is 1090. The lowest BCUT2D eigenvalue weighted by atomic mass is 9.61. The quantitative estimate of drug-likeness (QED) is 0.0315. The molecule has 2 aliphatic heterocycles. The number of guanidine groups is 1. The van der Waals surface area contributed by atoms with Gasteiger partial charge in [-0.05, 0) is 33.1 Å². The Hall–Kier alpha value is -2.34. The van der Waals surface area contributed by atoms with Crippen molar-refractivity contribution in [3.8, 4) is 0 Å². The van der Waals surface area contributed by atoms with E-state index in [0.29, 0.717) is 31.1 Å². The number of quaternary nitrogens is 2. The molecule has 0 aromatic rings. The molecule has 4 aliphatic rings. The van der Waals surface area contributed by atoms with Crippen molar-refractivity contribution >= 4 is 23.5 Å². The minimum Gasteiger partial charge on any atom is -0.463 e. The Kier molecular flexibility index (Phi) is 12.0. The van der Waals surface area contributed by atoms with Crippen LogP contribution in [0.1, 0.15) is 91.4 Å². The van der Waals surface area contributed by atoms with Gasteiger partial charge in [-0.1, -0.05) is 44.3 Å². The number of ether oxygens (including phenoxy) is 2. The molecule has 2 saturated carbocycles. The lowest BCUT2D eigenvalue weighted by Crippen LogP contribution is -2.95. The summed E-state index contributed by atoms with van der Waals surface area (Å²) >= 11 is 0. The fourth-order valence-corrected chi connectivity index (χ4v) is 7.89. The summed E-state index contributed by atoms with van der Waals surface area (Å²) < 4.78 is 12.1. The van der Waals surface area contributed by atoms with Gasteiger partial charge >= 0.3 is 11.9 Å². The molecule has 4 fully saturated rings. The Labute approximate surface area is 263 Å². The second kappa shape index (κ2) is 15.3. The fourth-order valence-electron chi connectivity index (χ4n) is 7.89. The maximum atomic E-state index is 14.1. The number of nitrogens with one attached hydrogen (secondary N) is 2. The third-order valence-electron chi connectivity index (χ3n) is 10.6. The van der Waals surface area contributed by atoms with Gasteiger partial charge in [-0.25, -0.2) is 4.79 Å². The molecule has 0 spiro atoms. The van der Waals surface area contributed by atoms with Crippen LogP contribution in [0.15, 0.2) is 11.6 Å². The molecule has 2 saturated heterocycles. The number of nitrogens with two attached hydrogens (primary N) is 4. The second-order valence-electron chi connectivity index (χ2n) is 13.7. The molecule has 11 nitrogen and oxygen atoms in total. The highest BCUT2D eigenvalue weighted by atomic mass is 16.7. The highest BCUT2D eigenvalue weighted by Crippen LogP contribution is 2.61. The highest BCUT2D eigenvalue weighted by molar-refractivity contribution is 6.23. The van der Waals surface area contributed by atoms with E-state index in [9.17, 15) is 14.4 Å². The van der Waals surface area contributed by atoms with Crippen molar-refractivity contribution in [3.05, 3.63) is 11.6 Å². The van der Waals surface area contributed by atoms with E-state index < -0.39 is 23.1 Å². The van der Waals surface area contributed by atoms with Gasteiger partial charge in [0.05, 0.1) is 39.3 Å². The van der Waals surface area contributed by atoms with Gasteiger partial charge in [0.25, 0.3) is 5.60 Å². The zero-order chi connectivity index (χ0) is 31.9. The van der Waals surface area contributed by atoms with Crippen molar-refractivity contribution in [2.75, 3.05) is 33.3 Å². The molecule has 0 aromatic carbocycles. The lowest BCUT2D eigenvalue weighted by Gasteiger charge is -2.36. The predicted octanol–water partition coefficient (Wildman–Crippen LogP) is -1.65. The monoisotopic (exact) mass is 619 g/mol. The number of hydrogen-bond acceptors (Lipinski definition) is 6. The van der Waals surface area contributed by atoms with Crippen molar-refractivity contribution in [2.24, 2.45) is 35.1 Å². The summed E-state index contributed by atoms with van der Waals surface area (Å²) in [6, 6.07) is 0.0530. The summed E-state index contributed by atoms with van der Waals surface area (Å²) in [7, 11) is 1.78. The molecule has 10 N–H and O–H groups in total. The zero-order valence-electron chi connectivity index (χ0n) is 27.5. The average Bonchev–Trinajstić information content (AvgIpc) is 3.74. The van der Waals surface area contributed by atoms with Crippen LogP contribution in [0.4, 0.5) is 0 Å². The summed E-state index contributed by atoms with van der Waals surface area (Å²) in [5.41, 5.74) is 10.2. The van der Waals surface area contributed by atoms with E-state index in [1.54, 1.807) is 7.05 Å². The Morgan fingerprint density at radius 2 is 1.95 bits per heavy atom. The van der Waals surface area contributed by atoms with Gasteiger partial charge in [-0.2, -0.15) is 0 Å². The van der Waals surface area contributed by atoms with E-state index >= 15 is 0 Å². The third-order valence-corrected chi connectivity index (χ3v) is 10.6. The maximum Gasteiger partial charge on any atom is 0.350 e. The summed E-state index contributed by atoms with van der Waals surface area (Å²) in [6.07, 6.45) is 11.0. The largest absolute Gasteiger partial charge is 0.463 e. The van der Waals surface area contributed by atoms with Crippen molar-refractivity contribution < 1.29 is 39.5 Å². The summed E-state index contributed by atoms with van der Waals surface area (Å²) in [5.74, 6) is -0.832. The summed E-state index contributed by atoms with van der Waals surface area (Å²) in [6.45, 7) is 9.29. The molecule has 2 heterocycles. The van der Waals surface area contributed by atoms with Crippen molar-refractivity contribution in [2.45, 2.75) is 115 Å². The minimum atomic E-state index is -1.82. The second-order valence-corrected chi connectivity index (χ2v) is 13.7. The van der Waals surface area contributed by atoms with E-state index in [2.05, 4.69) is 34.8 Å². The number of piperidine rings is 1. The SMILES string of the molecule is CCCCC(C[NH2+]CC)COC(=O)C12OC1(CC=C(C)CC(NC(N)=[NH+]C)C1CC[NH2+]C(N)C1)C(=O)C1CCCCC1C2=O. The predicted molar refractivity (Wildman–Crippen MR) is 167 cm³/mol. The molecule has 8 atom stereocenters. The first-order valence-electron chi connectivity index (χ1n) is 17.2. The van der Waals surface area contributed by atoms with E-state index in [1.807, 2.05) is 13.0 Å². The van der Waals surface area contributed by atoms with E-state index in [-0.39, 0.29) is 48.6 Å². The minimum absolute atomic E-state index is 0.0530. The molecule has 0 bridgehead atoms. The van der Waals surface area contributed by atoms with Gasteiger partial charge in [-0.3, -0.25) is 31.4 Å². The lowest BCUT2D eigenvalue weighted by molar-refractivity contribution is -0.699. The molecule has 4 rings (SSSR count). The Morgan fingerprint density at radius 3 is 2.61 bits per heavy atom. The van der Waals surface area contributed by atoms with E-state index in [1.165, 1.54) is 0 Å². The van der Waals surface area contributed by atoms with Crippen molar-refractivity contribution in [1.82, 2.24) is 5.32 Å². The smallest absolute Gasteiger partial charge is 0.350 e. The number of Topliss-reactive ketones (excluding diaryl/α,β-unsaturated/α-hetero) is 2. The number of carbonyl (C=O) groups excluding carboxylic acids is 3. The molecule has 0 amide bonds. The molecule has 11 heteroatoms. The molecule has 8 unspecified atom stereocenters. The maximum absolute atomic E-state index is 14.1. The molecule has 0 aromatic heterocycles. The van der Waals surface area contributed by atoms with Gasteiger partial charge in [0.15, 0.2) is 17.2 Å². The van der Waals surface area contributed by atoms with Crippen LogP contribution >= 0.6 is 0 Å².